The van der Waals surface area contributed by atoms with E-state index in [9.17, 15) is 9.59 Å². The molecule has 0 bridgehead atoms. The Bertz CT molecular complexity index is 736. The lowest BCUT2D eigenvalue weighted by atomic mass is 10.2. The molecule has 1 amide bonds. The fourth-order valence-electron chi connectivity index (χ4n) is 2.06. The van der Waals surface area contributed by atoms with Crippen molar-refractivity contribution in [2.45, 2.75) is 6.92 Å². The predicted molar refractivity (Wildman–Crippen MR) is 79.8 cm³/mol. The number of hydrogen-bond acceptors (Lipinski definition) is 6. The SMILES string of the molecule is Cc1ccc(C(=O)OCC(=O)Nc2ccc3c(c2)OCCO3)o1. The molecule has 0 unspecified atom stereocenters. The summed E-state index contributed by atoms with van der Waals surface area (Å²) in [5.74, 6) is 0.715. The Hall–Kier alpha value is -2.96. The lowest BCUT2D eigenvalue weighted by Gasteiger charge is -2.18. The van der Waals surface area contributed by atoms with Gasteiger partial charge in [-0.25, -0.2) is 4.79 Å². The number of nitrogens with one attached hydrogen (secondary N) is 1. The summed E-state index contributed by atoms with van der Waals surface area (Å²) in [5, 5.41) is 2.62. The average molecular weight is 317 g/mol. The molecule has 2 heterocycles. The van der Waals surface area contributed by atoms with Crippen LogP contribution in [-0.4, -0.2) is 31.7 Å². The quantitative estimate of drug-likeness (QED) is 0.870. The van der Waals surface area contributed by atoms with E-state index in [0.717, 1.165) is 0 Å². The summed E-state index contributed by atoms with van der Waals surface area (Å²) in [6.07, 6.45) is 0. The number of amides is 1. The van der Waals surface area contributed by atoms with Crippen LogP contribution < -0.4 is 14.8 Å². The Labute approximate surface area is 132 Å². The molecule has 3 rings (SSSR count). The number of benzene rings is 1. The molecule has 7 heteroatoms. The van der Waals surface area contributed by atoms with E-state index < -0.39 is 18.5 Å². The standard InChI is InChI=1S/C16H15NO6/c1-10-2-4-13(23-10)16(19)22-9-15(18)17-11-3-5-12-14(8-11)21-7-6-20-12/h2-5,8H,6-7,9H2,1H3,(H,17,18). The molecule has 0 atom stereocenters. The van der Waals surface area contributed by atoms with E-state index >= 15 is 0 Å². The molecule has 120 valence electrons. The zero-order chi connectivity index (χ0) is 16.2. The van der Waals surface area contributed by atoms with E-state index in [4.69, 9.17) is 18.6 Å². The summed E-state index contributed by atoms with van der Waals surface area (Å²) in [7, 11) is 0. The number of furan rings is 1. The molecule has 0 fully saturated rings. The van der Waals surface area contributed by atoms with Crippen LogP contribution in [0.25, 0.3) is 0 Å². The lowest BCUT2D eigenvalue weighted by molar-refractivity contribution is -0.119. The maximum Gasteiger partial charge on any atom is 0.374 e. The van der Waals surface area contributed by atoms with Gasteiger partial charge in [0.15, 0.2) is 18.1 Å². The predicted octanol–water partition coefficient (Wildman–Crippen LogP) is 2.15. The third kappa shape index (κ3) is 3.63. The number of rotatable bonds is 4. The highest BCUT2D eigenvalue weighted by molar-refractivity contribution is 5.94. The molecule has 0 aliphatic carbocycles. The van der Waals surface area contributed by atoms with Crippen molar-refractivity contribution in [2.24, 2.45) is 0 Å². The van der Waals surface area contributed by atoms with Gasteiger partial charge in [0.1, 0.15) is 19.0 Å². The fraction of sp³-hybridized carbons (Fsp3) is 0.250. The molecule has 0 saturated carbocycles. The number of anilines is 1. The summed E-state index contributed by atoms with van der Waals surface area (Å²) in [5.41, 5.74) is 0.532. The van der Waals surface area contributed by atoms with E-state index in [1.54, 1.807) is 31.2 Å². The molecule has 2 aromatic rings. The van der Waals surface area contributed by atoms with Gasteiger partial charge in [-0.3, -0.25) is 4.79 Å². The Balaban J connectivity index is 1.54. The maximum atomic E-state index is 11.8. The summed E-state index contributed by atoms with van der Waals surface area (Å²) >= 11 is 0. The summed E-state index contributed by atoms with van der Waals surface area (Å²) in [6.45, 7) is 2.27. The first-order valence-corrected chi connectivity index (χ1v) is 7.05. The van der Waals surface area contributed by atoms with Crippen LogP contribution in [0.3, 0.4) is 0 Å². The van der Waals surface area contributed by atoms with Gasteiger partial charge in [-0.1, -0.05) is 0 Å². The second-order valence-electron chi connectivity index (χ2n) is 4.89. The Morgan fingerprint density at radius 2 is 1.91 bits per heavy atom. The minimum Gasteiger partial charge on any atom is -0.486 e. The minimum atomic E-state index is -0.685. The smallest absolute Gasteiger partial charge is 0.374 e. The number of carbonyl (C=O) groups excluding carboxylic acids is 2. The molecule has 1 aromatic heterocycles. The number of aryl methyl sites for hydroxylation is 1. The van der Waals surface area contributed by atoms with Crippen LogP contribution in [-0.2, 0) is 9.53 Å². The molecule has 0 radical (unpaired) electrons. The van der Waals surface area contributed by atoms with Crippen LogP contribution in [0.2, 0.25) is 0 Å². The van der Waals surface area contributed by atoms with Gasteiger partial charge in [-0.2, -0.15) is 0 Å². The Morgan fingerprint density at radius 1 is 1.13 bits per heavy atom. The highest BCUT2D eigenvalue weighted by Gasteiger charge is 2.15. The highest BCUT2D eigenvalue weighted by Crippen LogP contribution is 2.32. The van der Waals surface area contributed by atoms with Crippen LogP contribution in [0.5, 0.6) is 11.5 Å². The lowest BCUT2D eigenvalue weighted by Crippen LogP contribution is -2.21. The Morgan fingerprint density at radius 3 is 2.65 bits per heavy atom. The van der Waals surface area contributed by atoms with Gasteiger partial charge in [0.2, 0.25) is 5.76 Å². The van der Waals surface area contributed by atoms with Gasteiger partial charge in [0.05, 0.1) is 0 Å². The van der Waals surface area contributed by atoms with Crippen LogP contribution in [0.4, 0.5) is 5.69 Å². The van der Waals surface area contributed by atoms with E-state index in [-0.39, 0.29) is 5.76 Å². The normalized spacial score (nSPS) is 12.6. The van der Waals surface area contributed by atoms with Crippen LogP contribution in [0.15, 0.2) is 34.7 Å². The van der Waals surface area contributed by atoms with E-state index in [1.807, 2.05) is 0 Å². The van der Waals surface area contributed by atoms with Gasteiger partial charge in [0, 0.05) is 11.8 Å². The molecule has 23 heavy (non-hydrogen) atoms. The third-order valence-corrected chi connectivity index (χ3v) is 3.10. The molecule has 1 N–H and O–H groups in total. The third-order valence-electron chi connectivity index (χ3n) is 3.10. The zero-order valence-corrected chi connectivity index (χ0v) is 12.5. The van der Waals surface area contributed by atoms with Crippen molar-refractivity contribution in [1.82, 2.24) is 0 Å². The van der Waals surface area contributed by atoms with Crippen molar-refractivity contribution in [1.29, 1.82) is 0 Å². The monoisotopic (exact) mass is 317 g/mol. The first-order chi connectivity index (χ1) is 11.1. The number of hydrogen-bond donors (Lipinski definition) is 1. The second-order valence-corrected chi connectivity index (χ2v) is 4.89. The summed E-state index contributed by atoms with van der Waals surface area (Å²) < 4.78 is 20.8. The average Bonchev–Trinajstić information content (AvgIpc) is 2.99. The van der Waals surface area contributed by atoms with Gasteiger partial charge in [-0.05, 0) is 31.2 Å². The number of ether oxygens (including phenoxy) is 3. The molecular weight excluding hydrogens is 302 g/mol. The molecule has 1 aliphatic rings. The van der Waals surface area contributed by atoms with E-state index in [1.165, 1.54) is 6.07 Å². The molecule has 1 aromatic carbocycles. The van der Waals surface area contributed by atoms with Crippen LogP contribution in [0, 0.1) is 6.92 Å². The van der Waals surface area contributed by atoms with Gasteiger partial charge < -0.3 is 23.9 Å². The summed E-state index contributed by atoms with van der Waals surface area (Å²) in [6, 6.07) is 8.19. The van der Waals surface area contributed by atoms with Crippen molar-refractivity contribution < 1.29 is 28.2 Å². The largest absolute Gasteiger partial charge is 0.486 e. The molecule has 0 saturated heterocycles. The fourth-order valence-corrected chi connectivity index (χ4v) is 2.06. The topological polar surface area (TPSA) is 87.0 Å². The number of carbonyl (C=O) groups is 2. The van der Waals surface area contributed by atoms with Crippen molar-refractivity contribution in [3.05, 3.63) is 41.9 Å². The molecular formula is C16H15NO6. The first kappa shape index (κ1) is 15.0. The van der Waals surface area contributed by atoms with Gasteiger partial charge >= 0.3 is 5.97 Å². The zero-order valence-electron chi connectivity index (χ0n) is 12.5. The second kappa shape index (κ2) is 6.43. The van der Waals surface area contributed by atoms with Crippen molar-refractivity contribution in [3.63, 3.8) is 0 Å². The van der Waals surface area contributed by atoms with Gasteiger partial charge in [-0.15, -0.1) is 0 Å². The van der Waals surface area contributed by atoms with Crippen LogP contribution >= 0.6 is 0 Å². The van der Waals surface area contributed by atoms with Crippen LogP contribution in [0.1, 0.15) is 16.3 Å². The Kier molecular flexibility index (Phi) is 4.18. The number of esters is 1. The van der Waals surface area contributed by atoms with Gasteiger partial charge in [0.25, 0.3) is 5.91 Å². The van der Waals surface area contributed by atoms with E-state index in [2.05, 4.69) is 5.32 Å². The minimum absolute atomic E-state index is 0.0645. The summed E-state index contributed by atoms with van der Waals surface area (Å²) in [4.78, 5) is 23.5. The van der Waals surface area contributed by atoms with Crippen molar-refractivity contribution >= 4 is 17.6 Å². The molecule has 0 spiro atoms. The number of fused-ring (bicyclic) bond motifs is 1. The first-order valence-electron chi connectivity index (χ1n) is 7.05. The van der Waals surface area contributed by atoms with Crippen molar-refractivity contribution in [2.75, 3.05) is 25.1 Å². The molecule has 1 aliphatic heterocycles. The van der Waals surface area contributed by atoms with E-state index in [0.29, 0.717) is 36.2 Å². The highest BCUT2D eigenvalue weighted by atomic mass is 16.6. The maximum absolute atomic E-state index is 11.8. The van der Waals surface area contributed by atoms with Crippen molar-refractivity contribution in [3.8, 4) is 11.5 Å². The molecule has 7 nitrogen and oxygen atoms in total.